The fourth-order valence-electron chi connectivity index (χ4n) is 3.96. The van der Waals surface area contributed by atoms with Crippen LogP contribution < -0.4 is 15.8 Å². The maximum absolute atomic E-state index is 4.16. The van der Waals surface area contributed by atoms with Crippen LogP contribution in [0.4, 0.5) is 0 Å². The van der Waals surface area contributed by atoms with Crippen LogP contribution in [-0.4, -0.2) is 4.98 Å². The SMILES string of the molecule is CC1=CC(C(C)(C)C)=C[C+](C)C1=C=c1c(Br)cc(-c2ccncc2)cc1=C1C=CNC=C1. The summed E-state index contributed by atoms with van der Waals surface area (Å²) in [5, 5.41) is 5.33. The van der Waals surface area contributed by atoms with Gasteiger partial charge in [-0.05, 0) is 104 Å². The van der Waals surface area contributed by atoms with Crippen molar-refractivity contribution in [3.05, 3.63) is 111 Å². The number of pyridine rings is 1. The van der Waals surface area contributed by atoms with Gasteiger partial charge in [-0.1, -0.05) is 0 Å². The van der Waals surface area contributed by atoms with E-state index in [9.17, 15) is 0 Å². The molecule has 0 saturated heterocycles. The molecule has 0 unspecified atom stereocenters. The first-order chi connectivity index (χ1) is 15.2. The zero-order valence-corrected chi connectivity index (χ0v) is 20.8. The number of nitrogens with zero attached hydrogens (tertiary/aromatic N) is 1. The second-order valence-electron chi connectivity index (χ2n) is 9.27. The number of hydrogen-bond acceptors (Lipinski definition) is 2. The first-order valence-electron chi connectivity index (χ1n) is 10.8. The van der Waals surface area contributed by atoms with Crippen molar-refractivity contribution in [3.63, 3.8) is 0 Å². The number of benzene rings is 1. The number of nitrogens with one attached hydrogen (secondary N) is 1. The molecule has 3 heteroatoms. The third-order valence-corrected chi connectivity index (χ3v) is 6.41. The van der Waals surface area contributed by atoms with E-state index in [2.05, 4.69) is 103 Å². The van der Waals surface area contributed by atoms with Crippen molar-refractivity contribution in [1.82, 2.24) is 10.3 Å². The van der Waals surface area contributed by atoms with Gasteiger partial charge >= 0.3 is 0 Å². The normalized spacial score (nSPS) is 15.9. The maximum Gasteiger partial charge on any atom is 0.153 e. The molecule has 4 rings (SSSR count). The highest BCUT2D eigenvalue weighted by molar-refractivity contribution is 9.10. The fraction of sp³-hybridized carbons (Fsp3) is 0.207. The van der Waals surface area contributed by atoms with Crippen molar-refractivity contribution in [1.29, 1.82) is 0 Å². The van der Waals surface area contributed by atoms with Gasteiger partial charge in [0.15, 0.2) is 5.57 Å². The van der Waals surface area contributed by atoms with Crippen LogP contribution in [-0.2, 0) is 0 Å². The molecule has 0 saturated carbocycles. The van der Waals surface area contributed by atoms with Gasteiger partial charge in [-0.15, -0.1) is 0 Å². The van der Waals surface area contributed by atoms with E-state index in [0.717, 1.165) is 37.2 Å². The van der Waals surface area contributed by atoms with Gasteiger partial charge in [-0.2, -0.15) is 0 Å². The summed E-state index contributed by atoms with van der Waals surface area (Å²) in [5.41, 5.74) is 11.0. The Morgan fingerprint density at radius 2 is 1.72 bits per heavy atom. The molecule has 0 amide bonds. The first kappa shape index (κ1) is 22.2. The number of rotatable bonds is 1. The lowest BCUT2D eigenvalue weighted by Crippen LogP contribution is -2.28. The average Bonchev–Trinajstić information content (AvgIpc) is 2.77. The number of hydrogen-bond donors (Lipinski definition) is 1. The minimum atomic E-state index is 0.118. The van der Waals surface area contributed by atoms with E-state index >= 15 is 0 Å². The minimum absolute atomic E-state index is 0.118. The molecule has 0 atom stereocenters. The van der Waals surface area contributed by atoms with Crippen molar-refractivity contribution in [2.75, 3.05) is 0 Å². The Balaban J connectivity index is 2.04. The minimum Gasteiger partial charge on any atom is -0.368 e. The Bertz CT molecular complexity index is 1310. The zero-order chi connectivity index (χ0) is 22.9. The largest absolute Gasteiger partial charge is 0.368 e. The molecule has 2 nitrogen and oxygen atoms in total. The van der Waals surface area contributed by atoms with E-state index in [1.54, 1.807) is 0 Å². The van der Waals surface area contributed by atoms with E-state index in [-0.39, 0.29) is 5.41 Å². The van der Waals surface area contributed by atoms with Crippen LogP contribution in [0.3, 0.4) is 0 Å². The van der Waals surface area contributed by atoms with Crippen LogP contribution in [0.25, 0.3) is 22.4 Å². The summed E-state index contributed by atoms with van der Waals surface area (Å²) >= 11 is 3.86. The van der Waals surface area contributed by atoms with Crippen LogP contribution in [0.5, 0.6) is 0 Å². The van der Waals surface area contributed by atoms with Crippen molar-refractivity contribution < 1.29 is 0 Å². The monoisotopic (exact) mass is 483 g/mol. The van der Waals surface area contributed by atoms with Gasteiger partial charge < -0.3 is 5.32 Å². The Hall–Kier alpha value is -3.00. The Kier molecular flexibility index (Phi) is 6.15. The quantitative estimate of drug-likeness (QED) is 0.493. The van der Waals surface area contributed by atoms with E-state index in [0.29, 0.717) is 0 Å². The van der Waals surface area contributed by atoms with Gasteiger partial charge in [0.05, 0.1) is 16.7 Å². The van der Waals surface area contributed by atoms with Gasteiger partial charge in [0.2, 0.25) is 0 Å². The van der Waals surface area contributed by atoms with Crippen LogP contribution >= 0.6 is 15.9 Å². The van der Waals surface area contributed by atoms with Crippen LogP contribution in [0.2, 0.25) is 0 Å². The molecule has 32 heavy (non-hydrogen) atoms. The van der Waals surface area contributed by atoms with Crippen LogP contribution in [0.1, 0.15) is 34.6 Å². The lowest BCUT2D eigenvalue weighted by atomic mass is 9.77. The predicted molar refractivity (Wildman–Crippen MR) is 139 cm³/mol. The van der Waals surface area contributed by atoms with Crippen molar-refractivity contribution in [2.24, 2.45) is 5.41 Å². The number of halogens is 1. The topological polar surface area (TPSA) is 24.9 Å². The molecule has 2 aromatic rings. The van der Waals surface area contributed by atoms with Gasteiger partial charge in [0.1, 0.15) is 0 Å². The molecule has 0 radical (unpaired) electrons. The average molecular weight is 484 g/mol. The van der Waals surface area contributed by atoms with Gasteiger partial charge in [-0.3, -0.25) is 4.98 Å². The molecule has 1 aromatic heterocycles. The first-order valence-corrected chi connectivity index (χ1v) is 11.6. The molecule has 1 aliphatic heterocycles. The third kappa shape index (κ3) is 4.60. The number of dihydropyridines is 1. The summed E-state index contributed by atoms with van der Waals surface area (Å²) in [4.78, 5) is 4.16. The molecule has 0 spiro atoms. The van der Waals surface area contributed by atoms with E-state index in [1.165, 1.54) is 17.1 Å². The Morgan fingerprint density at radius 3 is 2.34 bits per heavy atom. The van der Waals surface area contributed by atoms with Gasteiger partial charge in [0.25, 0.3) is 0 Å². The highest BCUT2D eigenvalue weighted by atomic mass is 79.9. The molecule has 1 N–H and O–H groups in total. The van der Waals surface area contributed by atoms with E-state index in [1.807, 2.05) is 36.9 Å². The van der Waals surface area contributed by atoms with Crippen molar-refractivity contribution in [3.8, 4) is 11.1 Å². The van der Waals surface area contributed by atoms with Crippen LogP contribution in [0.15, 0.2) is 94.6 Å². The zero-order valence-electron chi connectivity index (χ0n) is 19.3. The predicted octanol–water partition coefficient (Wildman–Crippen LogP) is 6.12. The molecular formula is C29H28BrN2+. The van der Waals surface area contributed by atoms with Crippen molar-refractivity contribution in [2.45, 2.75) is 34.6 Å². The molecule has 160 valence electrons. The van der Waals surface area contributed by atoms with Gasteiger partial charge in [0, 0.05) is 63.4 Å². The summed E-state index contributed by atoms with van der Waals surface area (Å²) in [6.45, 7) is 11.1. The van der Waals surface area contributed by atoms with Crippen LogP contribution in [0, 0.1) is 11.3 Å². The lowest BCUT2D eigenvalue weighted by Gasteiger charge is -2.21. The Morgan fingerprint density at radius 1 is 1.03 bits per heavy atom. The van der Waals surface area contributed by atoms with Crippen molar-refractivity contribution >= 4 is 27.2 Å². The number of aromatic nitrogens is 1. The number of allylic oxidation sites excluding steroid dienone is 7. The maximum atomic E-state index is 4.16. The van der Waals surface area contributed by atoms with Gasteiger partial charge in [-0.25, -0.2) is 0 Å². The van der Waals surface area contributed by atoms with E-state index in [4.69, 9.17) is 0 Å². The lowest BCUT2D eigenvalue weighted by molar-refractivity contribution is 0.514. The molecule has 2 heterocycles. The second-order valence-corrected chi connectivity index (χ2v) is 10.1. The summed E-state index contributed by atoms with van der Waals surface area (Å²) in [7, 11) is 0. The molecular weight excluding hydrogens is 456 g/mol. The highest BCUT2D eigenvalue weighted by Gasteiger charge is 2.29. The molecule has 2 aliphatic rings. The Labute approximate surface area is 199 Å². The highest BCUT2D eigenvalue weighted by Crippen LogP contribution is 2.36. The molecule has 0 fully saturated rings. The summed E-state index contributed by atoms with van der Waals surface area (Å²) < 4.78 is 1.02. The summed E-state index contributed by atoms with van der Waals surface area (Å²) in [6, 6.07) is 8.49. The molecule has 0 bridgehead atoms. The second kappa shape index (κ2) is 8.86. The van der Waals surface area contributed by atoms with E-state index < -0.39 is 0 Å². The smallest absolute Gasteiger partial charge is 0.153 e. The molecule has 1 aromatic carbocycles. The third-order valence-electron chi connectivity index (χ3n) is 5.78. The fourth-order valence-corrected chi connectivity index (χ4v) is 4.52. The standard InChI is InChI=1S/C29H28BrN2/c1-19-14-24(29(3,4)5)15-20(2)25(19)18-27-26(22-8-12-32-13-9-22)16-23(17-28(27)30)21-6-10-31-11-7-21/h6-17,32H,1-5H3/q+1. The molecule has 1 aliphatic carbocycles. The summed E-state index contributed by atoms with van der Waals surface area (Å²) in [5.74, 6) is 1.24. The summed E-state index contributed by atoms with van der Waals surface area (Å²) in [6.07, 6.45) is 16.4.